The van der Waals surface area contributed by atoms with Crippen LogP contribution in [-0.4, -0.2) is 23.3 Å². The van der Waals surface area contributed by atoms with E-state index in [1.165, 1.54) is 25.0 Å². The summed E-state index contributed by atoms with van der Waals surface area (Å²) in [5.74, 6) is 0.255. The van der Waals surface area contributed by atoms with Gasteiger partial charge in [-0.25, -0.2) is 4.39 Å². The molecular formula is C13H14FN3S. The highest BCUT2D eigenvalue weighted by Crippen LogP contribution is 2.30. The van der Waals surface area contributed by atoms with Gasteiger partial charge in [0.05, 0.1) is 0 Å². The summed E-state index contributed by atoms with van der Waals surface area (Å²) in [6.07, 6.45) is 2.36. The molecule has 3 nitrogen and oxygen atoms in total. The molecule has 1 aromatic heterocycles. The summed E-state index contributed by atoms with van der Waals surface area (Å²) in [5, 5.41) is 13.8. The fraction of sp³-hybridized carbons (Fsp3) is 0.385. The molecule has 5 heteroatoms. The molecule has 1 atom stereocenters. The first-order valence-electron chi connectivity index (χ1n) is 6.13. The number of nitrogens with zero attached hydrogens (tertiary/aromatic N) is 2. The Morgan fingerprint density at radius 1 is 1.22 bits per heavy atom. The third-order valence-electron chi connectivity index (χ3n) is 3.18. The molecule has 0 radical (unpaired) electrons. The second-order valence-electron chi connectivity index (χ2n) is 4.50. The molecule has 1 unspecified atom stereocenters. The van der Waals surface area contributed by atoms with Gasteiger partial charge in [0.25, 0.3) is 0 Å². The average Bonchev–Trinajstić information content (AvgIpc) is 2.90. The van der Waals surface area contributed by atoms with E-state index in [9.17, 15) is 4.39 Å². The van der Waals surface area contributed by atoms with Gasteiger partial charge >= 0.3 is 0 Å². The van der Waals surface area contributed by atoms with Crippen LogP contribution in [0.2, 0.25) is 0 Å². The lowest BCUT2D eigenvalue weighted by Crippen LogP contribution is -2.28. The summed E-state index contributed by atoms with van der Waals surface area (Å²) < 4.78 is 12.9. The van der Waals surface area contributed by atoms with Crippen molar-refractivity contribution >= 4 is 11.3 Å². The Morgan fingerprint density at radius 3 is 2.78 bits per heavy atom. The predicted molar refractivity (Wildman–Crippen MR) is 70.1 cm³/mol. The Labute approximate surface area is 109 Å². The van der Waals surface area contributed by atoms with E-state index in [1.54, 1.807) is 23.5 Å². The number of halogens is 1. The van der Waals surface area contributed by atoms with Gasteiger partial charge in [-0.1, -0.05) is 11.3 Å². The minimum atomic E-state index is -0.222. The molecule has 0 saturated carbocycles. The maximum absolute atomic E-state index is 12.9. The van der Waals surface area contributed by atoms with Crippen molar-refractivity contribution in [3.05, 3.63) is 35.1 Å². The Hall–Kier alpha value is -1.33. The highest BCUT2D eigenvalue weighted by Gasteiger charge is 2.19. The number of hydrogen-bond acceptors (Lipinski definition) is 4. The first-order chi connectivity index (χ1) is 8.83. The fourth-order valence-corrected chi connectivity index (χ4v) is 3.15. The first-order valence-corrected chi connectivity index (χ1v) is 6.94. The third kappa shape index (κ3) is 2.42. The van der Waals surface area contributed by atoms with Crippen LogP contribution in [0.5, 0.6) is 0 Å². The number of piperidine rings is 1. The Morgan fingerprint density at radius 2 is 2.06 bits per heavy atom. The zero-order valence-electron chi connectivity index (χ0n) is 9.90. The Balaban J connectivity index is 1.82. The molecule has 0 spiro atoms. The molecule has 3 rings (SSSR count). The van der Waals surface area contributed by atoms with Gasteiger partial charge in [-0.15, -0.1) is 10.2 Å². The van der Waals surface area contributed by atoms with Gasteiger partial charge in [-0.2, -0.15) is 0 Å². The first kappa shape index (κ1) is 11.7. The van der Waals surface area contributed by atoms with E-state index in [-0.39, 0.29) is 5.82 Å². The minimum absolute atomic E-state index is 0.222. The molecular weight excluding hydrogens is 249 g/mol. The van der Waals surface area contributed by atoms with Crippen LogP contribution in [0, 0.1) is 5.82 Å². The molecule has 94 valence electrons. The zero-order chi connectivity index (χ0) is 12.4. The van der Waals surface area contributed by atoms with E-state index < -0.39 is 0 Å². The second-order valence-corrected chi connectivity index (χ2v) is 5.50. The summed E-state index contributed by atoms with van der Waals surface area (Å²) in [7, 11) is 0. The van der Waals surface area contributed by atoms with E-state index in [1.807, 2.05) is 0 Å². The maximum Gasteiger partial charge on any atom is 0.147 e. The molecule has 18 heavy (non-hydrogen) atoms. The van der Waals surface area contributed by atoms with Gasteiger partial charge in [-0.3, -0.25) is 0 Å². The molecule has 0 bridgehead atoms. The average molecular weight is 263 g/mol. The highest BCUT2D eigenvalue weighted by atomic mass is 32.1. The normalized spacial score (nSPS) is 19.9. The van der Waals surface area contributed by atoms with Crippen LogP contribution in [0.15, 0.2) is 24.3 Å². The van der Waals surface area contributed by atoms with Crippen molar-refractivity contribution in [1.82, 2.24) is 15.5 Å². The quantitative estimate of drug-likeness (QED) is 0.905. The van der Waals surface area contributed by atoms with E-state index in [4.69, 9.17) is 0 Å². The third-order valence-corrected chi connectivity index (χ3v) is 4.31. The van der Waals surface area contributed by atoms with Gasteiger partial charge in [0.1, 0.15) is 15.8 Å². The molecule has 1 aliphatic rings. The van der Waals surface area contributed by atoms with Crippen molar-refractivity contribution in [2.45, 2.75) is 18.8 Å². The molecule has 2 heterocycles. The van der Waals surface area contributed by atoms with Gasteiger partial charge in [0, 0.05) is 18.0 Å². The SMILES string of the molecule is Fc1ccc(-c2nnc(C3CCCNC3)s2)cc1. The van der Waals surface area contributed by atoms with E-state index in [0.717, 1.165) is 28.7 Å². The van der Waals surface area contributed by atoms with Gasteiger partial charge in [0.2, 0.25) is 0 Å². The molecule has 0 aliphatic carbocycles. The largest absolute Gasteiger partial charge is 0.316 e. The summed E-state index contributed by atoms with van der Waals surface area (Å²) in [6, 6.07) is 6.41. The van der Waals surface area contributed by atoms with Gasteiger partial charge in [0.15, 0.2) is 0 Å². The number of hydrogen-bond donors (Lipinski definition) is 1. The topological polar surface area (TPSA) is 37.8 Å². The lowest BCUT2D eigenvalue weighted by molar-refractivity contribution is 0.458. The van der Waals surface area contributed by atoms with Crippen LogP contribution >= 0.6 is 11.3 Å². The van der Waals surface area contributed by atoms with Crippen LogP contribution in [0.3, 0.4) is 0 Å². The van der Waals surface area contributed by atoms with Crippen molar-refractivity contribution in [2.24, 2.45) is 0 Å². The summed E-state index contributed by atoms with van der Waals surface area (Å²) in [6.45, 7) is 2.08. The fourth-order valence-electron chi connectivity index (χ4n) is 2.17. The maximum atomic E-state index is 12.9. The number of nitrogens with one attached hydrogen (secondary N) is 1. The van der Waals surface area contributed by atoms with Crippen molar-refractivity contribution in [2.75, 3.05) is 13.1 Å². The summed E-state index contributed by atoms with van der Waals surface area (Å²) in [4.78, 5) is 0. The standard InChI is InChI=1S/C13H14FN3S/c14-11-5-3-9(4-6-11)12-16-17-13(18-12)10-2-1-7-15-8-10/h3-6,10,15H,1-2,7-8H2. The number of benzene rings is 1. The molecule has 1 aliphatic heterocycles. The smallest absolute Gasteiger partial charge is 0.147 e. The van der Waals surface area contributed by atoms with E-state index in [2.05, 4.69) is 15.5 Å². The highest BCUT2D eigenvalue weighted by molar-refractivity contribution is 7.14. The number of aromatic nitrogens is 2. The van der Waals surface area contributed by atoms with E-state index >= 15 is 0 Å². The van der Waals surface area contributed by atoms with Gasteiger partial charge in [-0.05, 0) is 43.7 Å². The Bertz CT molecular complexity index is 517. The van der Waals surface area contributed by atoms with Crippen LogP contribution in [0.25, 0.3) is 10.6 Å². The van der Waals surface area contributed by atoms with Crippen molar-refractivity contribution in [1.29, 1.82) is 0 Å². The van der Waals surface area contributed by atoms with Crippen LogP contribution in [-0.2, 0) is 0 Å². The zero-order valence-corrected chi connectivity index (χ0v) is 10.7. The predicted octanol–water partition coefficient (Wildman–Crippen LogP) is 2.81. The van der Waals surface area contributed by atoms with Crippen LogP contribution in [0.4, 0.5) is 4.39 Å². The molecule has 1 fully saturated rings. The monoisotopic (exact) mass is 263 g/mol. The summed E-state index contributed by atoms with van der Waals surface area (Å²) in [5.41, 5.74) is 0.934. The van der Waals surface area contributed by atoms with Gasteiger partial charge < -0.3 is 5.32 Å². The van der Waals surface area contributed by atoms with Crippen LogP contribution in [0.1, 0.15) is 23.8 Å². The van der Waals surface area contributed by atoms with Crippen molar-refractivity contribution in [3.8, 4) is 10.6 Å². The molecule has 1 saturated heterocycles. The molecule has 2 aromatic rings. The van der Waals surface area contributed by atoms with Crippen molar-refractivity contribution in [3.63, 3.8) is 0 Å². The molecule has 0 amide bonds. The minimum Gasteiger partial charge on any atom is -0.316 e. The van der Waals surface area contributed by atoms with E-state index in [0.29, 0.717) is 5.92 Å². The second kappa shape index (κ2) is 5.12. The lowest BCUT2D eigenvalue weighted by Gasteiger charge is -2.19. The lowest BCUT2D eigenvalue weighted by atomic mass is 10.0. The summed E-state index contributed by atoms with van der Waals surface area (Å²) >= 11 is 1.61. The Kier molecular flexibility index (Phi) is 3.34. The number of rotatable bonds is 2. The molecule has 1 N–H and O–H groups in total. The molecule has 1 aromatic carbocycles. The van der Waals surface area contributed by atoms with Crippen molar-refractivity contribution < 1.29 is 4.39 Å². The van der Waals surface area contributed by atoms with Crippen LogP contribution < -0.4 is 5.32 Å².